The van der Waals surface area contributed by atoms with E-state index in [1.165, 1.54) is 11.1 Å². The van der Waals surface area contributed by atoms with E-state index in [0.717, 1.165) is 36.3 Å². The van der Waals surface area contributed by atoms with E-state index in [1.807, 2.05) is 18.2 Å². The molecule has 1 atom stereocenters. The second kappa shape index (κ2) is 5.41. The summed E-state index contributed by atoms with van der Waals surface area (Å²) in [5.41, 5.74) is 10.2. The molecule has 2 N–H and O–H groups in total. The zero-order chi connectivity index (χ0) is 14.9. The van der Waals surface area contributed by atoms with Crippen molar-refractivity contribution in [1.82, 2.24) is 0 Å². The van der Waals surface area contributed by atoms with Crippen molar-refractivity contribution in [2.75, 3.05) is 14.2 Å². The van der Waals surface area contributed by atoms with Crippen LogP contribution in [0.1, 0.15) is 23.1 Å². The molecule has 0 saturated carbocycles. The van der Waals surface area contributed by atoms with Gasteiger partial charge in [-0.15, -0.1) is 0 Å². The molecule has 0 spiro atoms. The van der Waals surface area contributed by atoms with Gasteiger partial charge < -0.3 is 15.2 Å². The van der Waals surface area contributed by atoms with E-state index in [2.05, 4.69) is 24.3 Å². The van der Waals surface area contributed by atoms with Crippen LogP contribution in [0.2, 0.25) is 0 Å². The molecule has 0 fully saturated rings. The highest BCUT2D eigenvalue weighted by Gasteiger charge is 2.34. The van der Waals surface area contributed by atoms with Gasteiger partial charge in [0.05, 0.1) is 14.2 Å². The molecule has 0 amide bonds. The van der Waals surface area contributed by atoms with E-state index in [9.17, 15) is 0 Å². The number of hydrogen-bond acceptors (Lipinski definition) is 3. The number of hydrogen-bond donors (Lipinski definition) is 1. The van der Waals surface area contributed by atoms with E-state index < -0.39 is 0 Å². The summed E-state index contributed by atoms with van der Waals surface area (Å²) < 4.78 is 10.8. The fourth-order valence-corrected chi connectivity index (χ4v) is 3.20. The van der Waals surface area contributed by atoms with Crippen molar-refractivity contribution in [2.24, 2.45) is 5.73 Å². The first-order valence-corrected chi connectivity index (χ1v) is 7.24. The van der Waals surface area contributed by atoms with E-state index in [1.54, 1.807) is 14.2 Å². The van der Waals surface area contributed by atoms with Gasteiger partial charge in [0.15, 0.2) is 0 Å². The molecule has 1 aliphatic rings. The zero-order valence-electron chi connectivity index (χ0n) is 12.6. The molecule has 1 aliphatic carbocycles. The van der Waals surface area contributed by atoms with Crippen molar-refractivity contribution in [1.29, 1.82) is 0 Å². The smallest absolute Gasteiger partial charge is 0.127 e. The van der Waals surface area contributed by atoms with Gasteiger partial charge in [0, 0.05) is 17.2 Å². The first-order chi connectivity index (χ1) is 10.2. The highest BCUT2D eigenvalue weighted by molar-refractivity contribution is 5.47. The Morgan fingerprint density at radius 3 is 2.48 bits per heavy atom. The molecule has 0 radical (unpaired) electrons. The maximum atomic E-state index is 6.74. The van der Waals surface area contributed by atoms with E-state index in [0.29, 0.717) is 0 Å². The molecule has 21 heavy (non-hydrogen) atoms. The SMILES string of the molecule is COc1ccc(C2(N)CCc3ccccc3C2)c(OC)c1. The maximum absolute atomic E-state index is 6.74. The van der Waals surface area contributed by atoms with Crippen LogP contribution in [0.15, 0.2) is 42.5 Å². The first-order valence-electron chi connectivity index (χ1n) is 7.24. The highest BCUT2D eigenvalue weighted by atomic mass is 16.5. The third-order valence-corrected chi connectivity index (χ3v) is 4.41. The maximum Gasteiger partial charge on any atom is 0.127 e. The minimum atomic E-state index is -0.383. The lowest BCUT2D eigenvalue weighted by Gasteiger charge is -2.36. The number of nitrogens with two attached hydrogens (primary N) is 1. The summed E-state index contributed by atoms with van der Waals surface area (Å²) in [6, 6.07) is 14.4. The summed E-state index contributed by atoms with van der Waals surface area (Å²) in [7, 11) is 3.34. The minimum absolute atomic E-state index is 0.383. The molecule has 3 rings (SSSR count). The van der Waals surface area contributed by atoms with Gasteiger partial charge in [-0.25, -0.2) is 0 Å². The molecule has 0 bridgehead atoms. The van der Waals surface area contributed by atoms with Crippen LogP contribution in [0.4, 0.5) is 0 Å². The number of ether oxygens (including phenoxy) is 2. The molecule has 0 saturated heterocycles. The summed E-state index contributed by atoms with van der Waals surface area (Å²) in [4.78, 5) is 0. The first kappa shape index (κ1) is 14.0. The van der Waals surface area contributed by atoms with Gasteiger partial charge in [-0.1, -0.05) is 24.3 Å². The number of methoxy groups -OCH3 is 2. The fraction of sp³-hybridized carbons (Fsp3) is 0.333. The van der Waals surface area contributed by atoms with Crippen molar-refractivity contribution in [2.45, 2.75) is 24.8 Å². The van der Waals surface area contributed by atoms with E-state index >= 15 is 0 Å². The summed E-state index contributed by atoms with van der Waals surface area (Å²) in [6.07, 6.45) is 2.76. The molecule has 2 aromatic carbocycles. The molecule has 1 unspecified atom stereocenters. The predicted octanol–water partition coefficient (Wildman–Crippen LogP) is 3.05. The number of benzene rings is 2. The predicted molar refractivity (Wildman–Crippen MR) is 83.9 cm³/mol. The van der Waals surface area contributed by atoms with Gasteiger partial charge >= 0.3 is 0 Å². The Bertz CT molecular complexity index is 653. The Balaban J connectivity index is 2.00. The minimum Gasteiger partial charge on any atom is -0.497 e. The number of fused-ring (bicyclic) bond motifs is 1. The van der Waals surface area contributed by atoms with Crippen LogP contribution in [0.3, 0.4) is 0 Å². The summed E-state index contributed by atoms with van der Waals surface area (Å²) in [5.74, 6) is 1.59. The lowest BCUT2D eigenvalue weighted by atomic mass is 9.74. The standard InChI is InChI=1S/C18H21NO2/c1-20-15-7-8-16(17(11-15)21-2)18(19)10-9-13-5-3-4-6-14(13)12-18/h3-8,11H,9-10,12,19H2,1-2H3. The molecular weight excluding hydrogens is 262 g/mol. The average Bonchev–Trinajstić information content (AvgIpc) is 2.54. The van der Waals surface area contributed by atoms with Crippen LogP contribution in [-0.4, -0.2) is 14.2 Å². The molecular formula is C18H21NO2. The molecule has 0 heterocycles. The van der Waals surface area contributed by atoms with Crippen molar-refractivity contribution in [3.8, 4) is 11.5 Å². The molecule has 0 aromatic heterocycles. The monoisotopic (exact) mass is 283 g/mol. The average molecular weight is 283 g/mol. The van der Waals surface area contributed by atoms with Gasteiger partial charge in [-0.3, -0.25) is 0 Å². The van der Waals surface area contributed by atoms with E-state index in [-0.39, 0.29) is 5.54 Å². The van der Waals surface area contributed by atoms with Crippen LogP contribution in [0.5, 0.6) is 11.5 Å². The molecule has 2 aromatic rings. The van der Waals surface area contributed by atoms with Crippen molar-refractivity contribution >= 4 is 0 Å². The topological polar surface area (TPSA) is 44.5 Å². The van der Waals surface area contributed by atoms with Gasteiger partial charge in [0.2, 0.25) is 0 Å². The van der Waals surface area contributed by atoms with Gasteiger partial charge in [-0.2, -0.15) is 0 Å². The van der Waals surface area contributed by atoms with Crippen LogP contribution >= 0.6 is 0 Å². The van der Waals surface area contributed by atoms with Gasteiger partial charge in [0.25, 0.3) is 0 Å². The second-order valence-electron chi connectivity index (χ2n) is 5.67. The van der Waals surface area contributed by atoms with E-state index in [4.69, 9.17) is 15.2 Å². The lowest BCUT2D eigenvalue weighted by Crippen LogP contribution is -2.42. The highest BCUT2D eigenvalue weighted by Crippen LogP contribution is 2.39. The van der Waals surface area contributed by atoms with Gasteiger partial charge in [-0.05, 0) is 42.5 Å². The van der Waals surface area contributed by atoms with Crippen LogP contribution in [0, 0.1) is 0 Å². The largest absolute Gasteiger partial charge is 0.497 e. The molecule has 110 valence electrons. The fourth-order valence-electron chi connectivity index (χ4n) is 3.20. The normalized spacial score (nSPS) is 20.7. The Kier molecular flexibility index (Phi) is 3.60. The Hall–Kier alpha value is -2.00. The number of aryl methyl sites for hydroxylation is 1. The quantitative estimate of drug-likeness (QED) is 0.941. The van der Waals surface area contributed by atoms with Gasteiger partial charge in [0.1, 0.15) is 11.5 Å². The van der Waals surface area contributed by atoms with Crippen molar-refractivity contribution in [3.63, 3.8) is 0 Å². The number of rotatable bonds is 3. The van der Waals surface area contributed by atoms with Crippen molar-refractivity contribution in [3.05, 3.63) is 59.2 Å². The third kappa shape index (κ3) is 2.49. The van der Waals surface area contributed by atoms with Crippen LogP contribution in [0.25, 0.3) is 0 Å². The van der Waals surface area contributed by atoms with Crippen LogP contribution in [-0.2, 0) is 18.4 Å². The Morgan fingerprint density at radius 1 is 1.00 bits per heavy atom. The summed E-state index contributed by atoms with van der Waals surface area (Å²) in [5, 5.41) is 0. The second-order valence-corrected chi connectivity index (χ2v) is 5.67. The Labute approximate surface area is 125 Å². The van der Waals surface area contributed by atoms with Crippen molar-refractivity contribution < 1.29 is 9.47 Å². The molecule has 3 nitrogen and oxygen atoms in total. The third-order valence-electron chi connectivity index (χ3n) is 4.41. The molecule has 3 heteroatoms. The summed E-state index contributed by atoms with van der Waals surface area (Å²) in [6.45, 7) is 0. The lowest BCUT2D eigenvalue weighted by molar-refractivity contribution is 0.345. The molecule has 0 aliphatic heterocycles. The summed E-state index contributed by atoms with van der Waals surface area (Å²) >= 11 is 0. The van der Waals surface area contributed by atoms with Crippen LogP contribution < -0.4 is 15.2 Å². The Morgan fingerprint density at radius 2 is 1.76 bits per heavy atom. The zero-order valence-corrected chi connectivity index (χ0v) is 12.6.